The van der Waals surface area contributed by atoms with Crippen LogP contribution in [0, 0.1) is 25.5 Å². The van der Waals surface area contributed by atoms with Gasteiger partial charge in [-0.25, -0.2) is 22.2 Å². The number of rotatable bonds is 5. The normalized spacial score (nSPS) is 17.5. The number of halogens is 2. The highest BCUT2D eigenvalue weighted by Crippen LogP contribution is 2.36. The lowest BCUT2D eigenvalue weighted by Crippen LogP contribution is -2.32. The average molecular weight is 432 g/mol. The van der Waals surface area contributed by atoms with Gasteiger partial charge in [0.2, 0.25) is 10.0 Å². The Morgan fingerprint density at radius 3 is 2.53 bits per heavy atom. The molecule has 0 aliphatic carbocycles. The molecule has 5 nitrogen and oxygen atoms in total. The van der Waals surface area contributed by atoms with Gasteiger partial charge in [-0.3, -0.25) is 0 Å². The SMILES string of the molecule is Cc1ccc(S(=O)(=O)N2CCCC2c2ncc(C)n2Cc2ccc(F)cc2)cc1F. The van der Waals surface area contributed by atoms with Crippen LogP contribution in [0.3, 0.4) is 0 Å². The second-order valence-electron chi connectivity index (χ2n) is 7.66. The quantitative estimate of drug-likeness (QED) is 0.604. The maximum atomic E-state index is 14.0. The van der Waals surface area contributed by atoms with Gasteiger partial charge in [-0.05, 0) is 62.1 Å². The number of aryl methyl sites for hydroxylation is 2. The average Bonchev–Trinajstić information content (AvgIpc) is 3.33. The Morgan fingerprint density at radius 1 is 1.10 bits per heavy atom. The minimum atomic E-state index is -3.87. The number of hydrogen-bond donors (Lipinski definition) is 0. The van der Waals surface area contributed by atoms with Crippen molar-refractivity contribution >= 4 is 10.0 Å². The van der Waals surface area contributed by atoms with E-state index >= 15 is 0 Å². The van der Waals surface area contributed by atoms with Crippen LogP contribution in [0.15, 0.2) is 53.6 Å². The first kappa shape index (κ1) is 20.7. The van der Waals surface area contributed by atoms with Crippen LogP contribution in [-0.2, 0) is 16.6 Å². The van der Waals surface area contributed by atoms with Crippen LogP contribution in [0.1, 0.15) is 41.5 Å². The molecule has 0 bridgehead atoms. The summed E-state index contributed by atoms with van der Waals surface area (Å²) in [6.07, 6.45) is 3.04. The van der Waals surface area contributed by atoms with Crippen molar-refractivity contribution in [1.82, 2.24) is 13.9 Å². The first-order valence-electron chi connectivity index (χ1n) is 9.82. The predicted molar refractivity (Wildman–Crippen MR) is 109 cm³/mol. The van der Waals surface area contributed by atoms with Crippen LogP contribution >= 0.6 is 0 Å². The van der Waals surface area contributed by atoms with E-state index in [9.17, 15) is 17.2 Å². The molecule has 0 saturated carbocycles. The van der Waals surface area contributed by atoms with Gasteiger partial charge < -0.3 is 4.57 Å². The van der Waals surface area contributed by atoms with Gasteiger partial charge in [0.25, 0.3) is 0 Å². The summed E-state index contributed by atoms with van der Waals surface area (Å²) >= 11 is 0. The van der Waals surface area contributed by atoms with E-state index in [1.54, 1.807) is 25.3 Å². The third-order valence-corrected chi connectivity index (χ3v) is 7.50. The molecule has 0 amide bonds. The van der Waals surface area contributed by atoms with Crippen molar-refractivity contribution < 1.29 is 17.2 Å². The Morgan fingerprint density at radius 2 is 1.83 bits per heavy atom. The summed E-state index contributed by atoms with van der Waals surface area (Å²) in [6.45, 7) is 4.32. The predicted octanol–water partition coefficient (Wildman–Crippen LogP) is 4.35. The molecule has 0 spiro atoms. The minimum Gasteiger partial charge on any atom is -0.327 e. The number of imidazole rings is 1. The molecular formula is C22H23F2N3O2S. The zero-order valence-corrected chi connectivity index (χ0v) is 17.7. The summed E-state index contributed by atoms with van der Waals surface area (Å²) in [7, 11) is -3.87. The zero-order chi connectivity index (χ0) is 21.5. The molecule has 1 atom stereocenters. The maximum Gasteiger partial charge on any atom is 0.243 e. The van der Waals surface area contributed by atoms with Crippen LogP contribution in [0.5, 0.6) is 0 Å². The Labute approximate surface area is 175 Å². The van der Waals surface area contributed by atoms with E-state index in [1.807, 2.05) is 11.5 Å². The molecular weight excluding hydrogens is 408 g/mol. The van der Waals surface area contributed by atoms with Crippen LogP contribution in [0.2, 0.25) is 0 Å². The number of benzene rings is 2. The lowest BCUT2D eigenvalue weighted by molar-refractivity contribution is 0.374. The first-order valence-corrected chi connectivity index (χ1v) is 11.3. The van der Waals surface area contributed by atoms with Gasteiger partial charge in [0.15, 0.2) is 0 Å². The Balaban J connectivity index is 1.68. The molecule has 2 aromatic carbocycles. The van der Waals surface area contributed by atoms with Crippen molar-refractivity contribution in [3.63, 3.8) is 0 Å². The third-order valence-electron chi connectivity index (χ3n) is 5.59. The van der Waals surface area contributed by atoms with Crippen LogP contribution in [0.25, 0.3) is 0 Å². The summed E-state index contributed by atoms with van der Waals surface area (Å²) in [4.78, 5) is 4.46. The Bertz CT molecular complexity index is 1170. The van der Waals surface area contributed by atoms with Gasteiger partial charge in [0.1, 0.15) is 17.5 Å². The number of nitrogens with zero attached hydrogens (tertiary/aromatic N) is 3. The first-order chi connectivity index (χ1) is 14.3. The van der Waals surface area contributed by atoms with Gasteiger partial charge in [-0.1, -0.05) is 18.2 Å². The second-order valence-corrected chi connectivity index (χ2v) is 9.55. The van der Waals surface area contributed by atoms with Gasteiger partial charge in [0, 0.05) is 25.0 Å². The number of hydrogen-bond acceptors (Lipinski definition) is 3. The molecule has 2 heterocycles. The monoisotopic (exact) mass is 431 g/mol. The Hall–Kier alpha value is -2.58. The molecule has 1 aliphatic rings. The third kappa shape index (κ3) is 3.77. The number of aromatic nitrogens is 2. The van der Waals surface area contributed by atoms with Gasteiger partial charge in [-0.2, -0.15) is 4.31 Å². The molecule has 8 heteroatoms. The lowest BCUT2D eigenvalue weighted by atomic mass is 10.2. The van der Waals surface area contributed by atoms with Crippen LogP contribution < -0.4 is 0 Å². The summed E-state index contributed by atoms with van der Waals surface area (Å²) in [6, 6.07) is 9.78. The van der Waals surface area contributed by atoms with Gasteiger partial charge in [-0.15, -0.1) is 0 Å². The van der Waals surface area contributed by atoms with Crippen molar-refractivity contribution in [3.8, 4) is 0 Å². The summed E-state index contributed by atoms with van der Waals surface area (Å²) in [5.74, 6) is -0.203. The molecule has 1 fully saturated rings. The van der Waals surface area contributed by atoms with Crippen molar-refractivity contribution in [1.29, 1.82) is 0 Å². The zero-order valence-electron chi connectivity index (χ0n) is 16.8. The molecule has 1 aromatic heterocycles. The van der Waals surface area contributed by atoms with Crippen LogP contribution in [-0.4, -0.2) is 28.8 Å². The molecule has 4 rings (SSSR count). The highest BCUT2D eigenvalue weighted by atomic mass is 32.2. The lowest BCUT2D eigenvalue weighted by Gasteiger charge is -2.25. The van der Waals surface area contributed by atoms with E-state index in [0.717, 1.165) is 17.3 Å². The van der Waals surface area contributed by atoms with Crippen molar-refractivity contribution in [2.45, 2.75) is 44.2 Å². The smallest absolute Gasteiger partial charge is 0.243 e. The summed E-state index contributed by atoms with van der Waals surface area (Å²) in [5, 5.41) is 0. The van der Waals surface area contributed by atoms with E-state index in [1.165, 1.54) is 28.6 Å². The summed E-state index contributed by atoms with van der Waals surface area (Å²) in [5.41, 5.74) is 2.18. The highest BCUT2D eigenvalue weighted by molar-refractivity contribution is 7.89. The Kier molecular flexibility index (Phi) is 5.46. The molecule has 1 unspecified atom stereocenters. The standard InChI is InChI=1S/C22H23F2N3O2S/c1-15-5-10-19(12-20(15)24)30(28,29)27-11-3-4-21(27)22-25-13-16(2)26(22)14-17-6-8-18(23)9-7-17/h5-10,12-13,21H,3-4,11,14H2,1-2H3. The van der Waals surface area contributed by atoms with Crippen molar-refractivity contribution in [3.05, 3.63) is 82.9 Å². The fourth-order valence-electron chi connectivity index (χ4n) is 3.88. The van der Waals surface area contributed by atoms with Gasteiger partial charge in [0.05, 0.1) is 10.9 Å². The van der Waals surface area contributed by atoms with Crippen molar-refractivity contribution in [2.75, 3.05) is 6.54 Å². The molecule has 158 valence electrons. The van der Waals surface area contributed by atoms with Gasteiger partial charge >= 0.3 is 0 Å². The molecule has 30 heavy (non-hydrogen) atoms. The maximum absolute atomic E-state index is 14.0. The van der Waals surface area contributed by atoms with E-state index in [4.69, 9.17) is 0 Å². The molecule has 0 radical (unpaired) electrons. The molecule has 1 aliphatic heterocycles. The molecule has 3 aromatic rings. The van der Waals surface area contributed by atoms with E-state index in [2.05, 4.69) is 4.98 Å². The highest BCUT2D eigenvalue weighted by Gasteiger charge is 2.38. The van der Waals surface area contributed by atoms with E-state index < -0.39 is 21.9 Å². The second kappa shape index (κ2) is 7.92. The van der Waals surface area contributed by atoms with Crippen LogP contribution in [0.4, 0.5) is 8.78 Å². The fraction of sp³-hybridized carbons (Fsp3) is 0.318. The fourth-order valence-corrected chi connectivity index (χ4v) is 5.55. The largest absolute Gasteiger partial charge is 0.327 e. The molecule has 1 saturated heterocycles. The van der Waals surface area contributed by atoms with Crippen molar-refractivity contribution in [2.24, 2.45) is 0 Å². The molecule has 0 N–H and O–H groups in total. The summed E-state index contributed by atoms with van der Waals surface area (Å²) < 4.78 is 57.2. The van der Waals surface area contributed by atoms with E-state index in [-0.39, 0.29) is 10.7 Å². The topological polar surface area (TPSA) is 55.2 Å². The minimum absolute atomic E-state index is 0.0501. The number of sulfonamides is 1. The van der Waals surface area contributed by atoms with E-state index in [0.29, 0.717) is 37.3 Å².